The molecule has 3 heterocycles. The van der Waals surface area contributed by atoms with Crippen molar-refractivity contribution in [2.24, 2.45) is 0 Å². The van der Waals surface area contributed by atoms with Crippen LogP contribution in [0.1, 0.15) is 24.2 Å². The summed E-state index contributed by atoms with van der Waals surface area (Å²) in [5.74, 6) is 1.53. The number of para-hydroxylation sites is 1. The average molecular weight is 407 g/mol. The summed E-state index contributed by atoms with van der Waals surface area (Å²) in [6, 6.07) is 16.6. The minimum atomic E-state index is 0.373. The van der Waals surface area contributed by atoms with Gasteiger partial charge in [0.15, 0.2) is 5.65 Å². The molecule has 2 aromatic carbocycles. The van der Waals surface area contributed by atoms with Crippen LogP contribution >= 0.6 is 11.6 Å². The summed E-state index contributed by atoms with van der Waals surface area (Å²) in [5, 5.41) is 10.0. The number of nitrogens with zero attached hydrogens (tertiary/aromatic N) is 5. The zero-order valence-electron chi connectivity index (χ0n) is 16.3. The van der Waals surface area contributed by atoms with Gasteiger partial charge in [-0.25, -0.2) is 9.97 Å². The maximum absolute atomic E-state index is 5.99. The van der Waals surface area contributed by atoms with E-state index in [-0.39, 0.29) is 0 Å². The van der Waals surface area contributed by atoms with Gasteiger partial charge >= 0.3 is 0 Å². The standard InChI is InChI=1S/C22H23ClN6/c1-15-24-21-19-4-2-3-5-20(19)26-22(29(21)27-15)25-18-10-12-28(13-11-18)14-16-6-8-17(23)9-7-16/h2-9,18H,10-14H2,1H3,(H,25,26). The molecule has 7 heteroatoms. The Hall–Kier alpha value is -2.70. The minimum absolute atomic E-state index is 0.373. The number of aromatic nitrogens is 4. The zero-order valence-corrected chi connectivity index (χ0v) is 17.1. The van der Waals surface area contributed by atoms with Crippen LogP contribution in [0.2, 0.25) is 5.02 Å². The van der Waals surface area contributed by atoms with Gasteiger partial charge in [-0.3, -0.25) is 4.90 Å². The number of likely N-dealkylation sites (tertiary alicyclic amines) is 1. The fourth-order valence-corrected chi connectivity index (χ4v) is 4.14. The third-order valence-electron chi connectivity index (χ3n) is 5.53. The third kappa shape index (κ3) is 3.78. The molecule has 0 radical (unpaired) electrons. The molecule has 6 nitrogen and oxygen atoms in total. The van der Waals surface area contributed by atoms with E-state index in [0.29, 0.717) is 6.04 Å². The number of benzene rings is 2. The summed E-state index contributed by atoms with van der Waals surface area (Å²) >= 11 is 5.99. The second kappa shape index (κ2) is 7.61. The van der Waals surface area contributed by atoms with Gasteiger partial charge in [0.25, 0.3) is 0 Å². The predicted molar refractivity (Wildman–Crippen MR) is 116 cm³/mol. The first-order chi connectivity index (χ1) is 14.2. The first-order valence-electron chi connectivity index (χ1n) is 10.0. The molecule has 4 aromatic rings. The van der Waals surface area contributed by atoms with Crippen LogP contribution in [0.5, 0.6) is 0 Å². The van der Waals surface area contributed by atoms with E-state index in [4.69, 9.17) is 16.6 Å². The second-order valence-corrected chi connectivity index (χ2v) is 8.10. The quantitative estimate of drug-likeness (QED) is 0.547. The van der Waals surface area contributed by atoms with Gasteiger partial charge in [-0.2, -0.15) is 4.52 Å². The predicted octanol–water partition coefficient (Wildman–Crippen LogP) is 4.32. The SMILES string of the molecule is Cc1nc2c3ccccc3nc(NC3CCN(Cc4ccc(Cl)cc4)CC3)n2n1. The molecular weight excluding hydrogens is 384 g/mol. The highest BCUT2D eigenvalue weighted by Crippen LogP contribution is 2.23. The van der Waals surface area contributed by atoms with Crippen molar-refractivity contribution in [3.8, 4) is 0 Å². The monoisotopic (exact) mass is 406 g/mol. The molecule has 0 amide bonds. The molecule has 148 valence electrons. The number of anilines is 1. The average Bonchev–Trinajstić information content (AvgIpc) is 3.13. The van der Waals surface area contributed by atoms with Gasteiger partial charge in [0.05, 0.1) is 5.52 Å². The number of fused-ring (bicyclic) bond motifs is 3. The maximum atomic E-state index is 5.99. The van der Waals surface area contributed by atoms with Crippen molar-refractivity contribution in [2.45, 2.75) is 32.4 Å². The van der Waals surface area contributed by atoms with Gasteiger partial charge in [-0.1, -0.05) is 35.9 Å². The zero-order chi connectivity index (χ0) is 19.8. The Balaban J connectivity index is 1.31. The molecule has 5 rings (SSSR count). The Morgan fingerprint density at radius 1 is 1.03 bits per heavy atom. The lowest BCUT2D eigenvalue weighted by atomic mass is 10.0. The van der Waals surface area contributed by atoms with Crippen LogP contribution in [0.25, 0.3) is 16.6 Å². The van der Waals surface area contributed by atoms with Crippen molar-refractivity contribution in [3.63, 3.8) is 0 Å². The van der Waals surface area contributed by atoms with E-state index >= 15 is 0 Å². The van der Waals surface area contributed by atoms with Gasteiger partial charge in [0.1, 0.15) is 5.82 Å². The molecule has 1 N–H and O–H groups in total. The highest BCUT2D eigenvalue weighted by Gasteiger charge is 2.21. The van der Waals surface area contributed by atoms with Crippen molar-refractivity contribution in [1.82, 2.24) is 24.5 Å². The molecule has 1 aliphatic rings. The lowest BCUT2D eigenvalue weighted by Crippen LogP contribution is -2.39. The van der Waals surface area contributed by atoms with Crippen LogP contribution in [0.3, 0.4) is 0 Å². The largest absolute Gasteiger partial charge is 0.351 e. The normalized spacial score (nSPS) is 15.9. The van der Waals surface area contributed by atoms with Crippen molar-refractivity contribution in [2.75, 3.05) is 18.4 Å². The summed E-state index contributed by atoms with van der Waals surface area (Å²) in [4.78, 5) is 11.9. The molecule has 2 aromatic heterocycles. The summed E-state index contributed by atoms with van der Waals surface area (Å²) in [7, 11) is 0. The van der Waals surface area contributed by atoms with Crippen LogP contribution in [-0.2, 0) is 6.54 Å². The fraction of sp³-hybridized carbons (Fsp3) is 0.318. The van der Waals surface area contributed by atoms with E-state index in [1.165, 1.54) is 5.56 Å². The van der Waals surface area contributed by atoms with E-state index in [1.54, 1.807) is 0 Å². The Kier molecular flexibility index (Phi) is 4.81. The Labute approximate surface area is 174 Å². The molecule has 1 fully saturated rings. The van der Waals surface area contributed by atoms with Crippen LogP contribution in [-0.4, -0.2) is 43.6 Å². The highest BCUT2D eigenvalue weighted by molar-refractivity contribution is 6.30. The summed E-state index contributed by atoms with van der Waals surface area (Å²) in [6.07, 6.45) is 2.13. The number of nitrogens with one attached hydrogen (secondary N) is 1. The topological polar surface area (TPSA) is 58.4 Å². The smallest absolute Gasteiger partial charge is 0.226 e. The lowest BCUT2D eigenvalue weighted by molar-refractivity contribution is 0.211. The van der Waals surface area contributed by atoms with E-state index in [2.05, 4.69) is 32.4 Å². The summed E-state index contributed by atoms with van der Waals surface area (Å²) < 4.78 is 1.84. The van der Waals surface area contributed by atoms with E-state index < -0.39 is 0 Å². The van der Waals surface area contributed by atoms with Crippen LogP contribution in [0.15, 0.2) is 48.5 Å². The van der Waals surface area contributed by atoms with Crippen molar-refractivity contribution >= 4 is 34.1 Å². The van der Waals surface area contributed by atoms with Gasteiger partial charge in [0.2, 0.25) is 5.95 Å². The lowest BCUT2D eigenvalue weighted by Gasteiger charge is -2.32. The molecule has 0 spiro atoms. The number of halogens is 1. The Morgan fingerprint density at radius 3 is 2.59 bits per heavy atom. The second-order valence-electron chi connectivity index (χ2n) is 7.67. The third-order valence-corrected chi connectivity index (χ3v) is 5.78. The Bertz CT molecular complexity index is 1150. The van der Waals surface area contributed by atoms with Crippen LogP contribution in [0, 0.1) is 6.92 Å². The highest BCUT2D eigenvalue weighted by atomic mass is 35.5. The van der Waals surface area contributed by atoms with E-state index in [9.17, 15) is 0 Å². The van der Waals surface area contributed by atoms with Crippen molar-refractivity contribution in [1.29, 1.82) is 0 Å². The molecule has 0 saturated carbocycles. The molecular formula is C22H23ClN6. The van der Waals surface area contributed by atoms with Crippen molar-refractivity contribution in [3.05, 3.63) is 64.9 Å². The van der Waals surface area contributed by atoms with Gasteiger partial charge < -0.3 is 5.32 Å². The van der Waals surface area contributed by atoms with Gasteiger partial charge in [-0.15, -0.1) is 5.10 Å². The molecule has 1 aliphatic heterocycles. The van der Waals surface area contributed by atoms with Crippen molar-refractivity contribution < 1.29 is 0 Å². The maximum Gasteiger partial charge on any atom is 0.226 e. The van der Waals surface area contributed by atoms with E-state index in [0.717, 1.165) is 65.8 Å². The first-order valence-corrected chi connectivity index (χ1v) is 10.4. The molecule has 29 heavy (non-hydrogen) atoms. The first kappa shape index (κ1) is 18.3. The molecule has 0 atom stereocenters. The summed E-state index contributed by atoms with van der Waals surface area (Å²) in [6.45, 7) is 4.98. The van der Waals surface area contributed by atoms with Gasteiger partial charge in [0, 0.05) is 36.1 Å². The number of hydrogen-bond acceptors (Lipinski definition) is 5. The molecule has 0 aliphatic carbocycles. The number of rotatable bonds is 4. The number of piperidine rings is 1. The molecule has 0 bridgehead atoms. The number of hydrogen-bond donors (Lipinski definition) is 1. The van der Waals surface area contributed by atoms with Gasteiger partial charge in [-0.05, 0) is 49.6 Å². The summed E-state index contributed by atoms with van der Waals surface area (Å²) in [5.41, 5.74) is 3.10. The van der Waals surface area contributed by atoms with E-state index in [1.807, 2.05) is 47.8 Å². The fourth-order valence-electron chi connectivity index (χ4n) is 4.02. The minimum Gasteiger partial charge on any atom is -0.351 e. The molecule has 0 unspecified atom stereocenters. The molecule has 1 saturated heterocycles. The van der Waals surface area contributed by atoms with Crippen LogP contribution in [0.4, 0.5) is 5.95 Å². The number of aryl methyl sites for hydroxylation is 1. The van der Waals surface area contributed by atoms with Crippen LogP contribution < -0.4 is 5.32 Å². The Morgan fingerprint density at radius 2 is 1.79 bits per heavy atom.